The summed E-state index contributed by atoms with van der Waals surface area (Å²) in [4.78, 5) is 5.41. The van der Waals surface area contributed by atoms with E-state index < -0.39 is 0 Å². The average molecular weight is 533 g/mol. The van der Waals surface area contributed by atoms with Crippen LogP contribution in [0.3, 0.4) is 0 Å². The fourth-order valence-electron chi connectivity index (χ4n) is 6.05. The summed E-state index contributed by atoms with van der Waals surface area (Å²) in [6, 6.07) is 43.8. The molecule has 0 fully saturated rings. The Morgan fingerprint density at radius 1 is 0.538 bits per heavy atom. The molecule has 0 spiro atoms. The summed E-state index contributed by atoms with van der Waals surface area (Å²) in [6.45, 7) is 0. The van der Waals surface area contributed by atoms with Crippen LogP contribution in [0.15, 0.2) is 121 Å². The third kappa shape index (κ3) is 3.04. The molecule has 3 aromatic heterocycles. The van der Waals surface area contributed by atoms with E-state index in [1.54, 1.807) is 11.3 Å². The average Bonchev–Trinajstić information content (AvgIpc) is 3.67. The number of hydrogen-bond donors (Lipinski definition) is 0. The van der Waals surface area contributed by atoms with Gasteiger partial charge in [-0.3, -0.25) is 4.57 Å². The van der Waals surface area contributed by atoms with Gasteiger partial charge < -0.3 is 0 Å². The van der Waals surface area contributed by atoms with Gasteiger partial charge in [0.25, 0.3) is 0 Å². The van der Waals surface area contributed by atoms with E-state index >= 15 is 0 Å². The zero-order valence-corrected chi connectivity index (χ0v) is 22.4. The normalized spacial score (nSPS) is 12.1. The first-order valence-electron chi connectivity index (χ1n) is 13.1. The van der Waals surface area contributed by atoms with Gasteiger partial charge in [-0.05, 0) is 46.7 Å². The number of thiazole rings is 1. The zero-order chi connectivity index (χ0) is 25.5. The largest absolute Gasteiger partial charge is 0.285 e. The van der Waals surface area contributed by atoms with E-state index in [1.165, 1.54) is 68.6 Å². The van der Waals surface area contributed by atoms with Crippen molar-refractivity contribution in [2.75, 3.05) is 0 Å². The van der Waals surface area contributed by atoms with Crippen molar-refractivity contribution in [1.29, 1.82) is 0 Å². The lowest BCUT2D eigenvalue weighted by molar-refractivity contribution is 1.15. The van der Waals surface area contributed by atoms with E-state index in [0.717, 1.165) is 10.6 Å². The summed E-state index contributed by atoms with van der Waals surface area (Å²) in [5.41, 5.74) is 6.01. The van der Waals surface area contributed by atoms with Crippen molar-refractivity contribution >= 4 is 85.6 Å². The van der Waals surface area contributed by atoms with Crippen molar-refractivity contribution < 1.29 is 0 Å². The third-order valence-corrected chi connectivity index (χ3v) is 10.0. The van der Waals surface area contributed by atoms with Crippen LogP contribution in [0.5, 0.6) is 0 Å². The number of thiophene rings is 1. The van der Waals surface area contributed by atoms with Gasteiger partial charge in [0.05, 0.1) is 21.3 Å². The lowest BCUT2D eigenvalue weighted by Crippen LogP contribution is -1.92. The topological polar surface area (TPSA) is 17.8 Å². The van der Waals surface area contributed by atoms with Crippen LogP contribution in [0.2, 0.25) is 0 Å². The van der Waals surface area contributed by atoms with Gasteiger partial charge in [0.1, 0.15) is 0 Å². The van der Waals surface area contributed by atoms with Crippen LogP contribution in [0.4, 0.5) is 0 Å². The number of rotatable bonds is 2. The molecule has 0 radical (unpaired) electrons. The van der Waals surface area contributed by atoms with Crippen LogP contribution in [0.25, 0.3) is 79.2 Å². The Morgan fingerprint density at radius 2 is 1.26 bits per heavy atom. The first-order valence-corrected chi connectivity index (χ1v) is 14.7. The molecule has 6 aromatic carbocycles. The highest BCUT2D eigenvalue weighted by atomic mass is 32.1. The molecule has 9 rings (SSSR count). The highest BCUT2D eigenvalue weighted by Crippen LogP contribution is 2.46. The first-order chi connectivity index (χ1) is 19.3. The highest BCUT2D eigenvalue weighted by molar-refractivity contribution is 7.27. The summed E-state index contributed by atoms with van der Waals surface area (Å²) in [7, 11) is 0. The van der Waals surface area contributed by atoms with Crippen LogP contribution in [-0.4, -0.2) is 9.55 Å². The van der Waals surface area contributed by atoms with Gasteiger partial charge in [0.15, 0.2) is 5.13 Å². The van der Waals surface area contributed by atoms with Gasteiger partial charge in [0.2, 0.25) is 0 Å². The van der Waals surface area contributed by atoms with Gasteiger partial charge in [-0.2, -0.15) is 0 Å². The Bertz CT molecular complexity index is 2390. The number of nitrogens with zero attached hydrogens (tertiary/aromatic N) is 2. The van der Waals surface area contributed by atoms with E-state index in [1.807, 2.05) is 11.3 Å². The van der Waals surface area contributed by atoms with E-state index in [-0.39, 0.29) is 0 Å². The Balaban J connectivity index is 1.43. The lowest BCUT2D eigenvalue weighted by Gasteiger charge is -2.04. The predicted octanol–water partition coefficient (Wildman–Crippen LogP) is 10.6. The molecule has 0 unspecified atom stereocenters. The van der Waals surface area contributed by atoms with Gasteiger partial charge >= 0.3 is 0 Å². The molecule has 0 saturated heterocycles. The highest BCUT2D eigenvalue weighted by Gasteiger charge is 2.20. The van der Waals surface area contributed by atoms with Crippen molar-refractivity contribution in [1.82, 2.24) is 9.55 Å². The molecule has 0 aliphatic carbocycles. The third-order valence-electron chi connectivity index (χ3n) is 7.81. The molecule has 0 N–H and O–H groups in total. The van der Waals surface area contributed by atoms with Crippen molar-refractivity contribution in [2.24, 2.45) is 0 Å². The second-order valence-corrected chi connectivity index (χ2v) is 12.1. The second kappa shape index (κ2) is 8.00. The molecule has 0 bridgehead atoms. The van der Waals surface area contributed by atoms with Gasteiger partial charge in [0, 0.05) is 36.5 Å². The van der Waals surface area contributed by atoms with Crippen molar-refractivity contribution in [3.05, 3.63) is 121 Å². The molecule has 0 aliphatic rings. The van der Waals surface area contributed by atoms with Gasteiger partial charge in [-0.25, -0.2) is 4.98 Å². The van der Waals surface area contributed by atoms with Crippen LogP contribution >= 0.6 is 22.7 Å². The van der Waals surface area contributed by atoms with Crippen LogP contribution in [-0.2, 0) is 0 Å². The number of fused-ring (bicyclic) bond motifs is 9. The first kappa shape index (κ1) is 21.4. The maximum absolute atomic E-state index is 5.41. The second-order valence-electron chi connectivity index (χ2n) is 10.0. The fourth-order valence-corrected chi connectivity index (χ4v) is 8.34. The van der Waals surface area contributed by atoms with Crippen molar-refractivity contribution in [3.63, 3.8) is 0 Å². The minimum absolute atomic E-state index is 1.01. The number of aromatic nitrogens is 2. The maximum Gasteiger partial charge on any atom is 0.195 e. The minimum atomic E-state index is 1.01. The van der Waals surface area contributed by atoms with Gasteiger partial charge in [-0.15, -0.1) is 11.3 Å². The number of benzene rings is 6. The molecular formula is C35H20N2S2. The van der Waals surface area contributed by atoms with Crippen molar-refractivity contribution in [2.45, 2.75) is 0 Å². The summed E-state index contributed by atoms with van der Waals surface area (Å²) in [5.74, 6) is 0. The smallest absolute Gasteiger partial charge is 0.195 e. The molecule has 9 aromatic rings. The molecule has 0 amide bonds. The minimum Gasteiger partial charge on any atom is -0.285 e. The quantitative estimate of drug-likeness (QED) is 0.216. The molecule has 0 atom stereocenters. The maximum atomic E-state index is 5.41. The monoisotopic (exact) mass is 532 g/mol. The molecule has 4 heteroatoms. The summed E-state index contributed by atoms with van der Waals surface area (Å²) in [6.07, 6.45) is 0. The standard InChI is InChI=1S/C35H20N2S2/c1-2-10-21(11-3-1)26-20-31-33(32-25-15-7-9-17-30(25)38-34(26)32)36-35(39-31)37-28-16-8-6-14-24(28)27-18-22-12-4-5-13-23(22)19-29(27)37/h1-20H. The van der Waals surface area contributed by atoms with Crippen LogP contribution < -0.4 is 0 Å². The molecule has 182 valence electrons. The SMILES string of the molecule is c1ccc(-c2cc3sc(-n4c5ccccc5c5cc6ccccc6cc54)nc3c3c2sc2ccccc23)cc1. The Kier molecular flexibility index (Phi) is 4.39. The zero-order valence-electron chi connectivity index (χ0n) is 20.8. The van der Waals surface area contributed by atoms with Gasteiger partial charge in [-0.1, -0.05) is 102 Å². The molecule has 39 heavy (non-hydrogen) atoms. The summed E-state index contributed by atoms with van der Waals surface area (Å²) in [5, 5.41) is 8.58. The molecule has 0 saturated carbocycles. The molecule has 0 aliphatic heterocycles. The Labute approximate surface area is 232 Å². The predicted molar refractivity (Wildman–Crippen MR) is 170 cm³/mol. The molecule has 3 heterocycles. The Hall–Kier alpha value is -4.51. The van der Waals surface area contributed by atoms with E-state index in [9.17, 15) is 0 Å². The molecule has 2 nitrogen and oxygen atoms in total. The van der Waals surface area contributed by atoms with Crippen LogP contribution in [0.1, 0.15) is 0 Å². The fraction of sp³-hybridized carbons (Fsp3) is 0. The van der Waals surface area contributed by atoms with E-state index in [4.69, 9.17) is 4.98 Å². The van der Waals surface area contributed by atoms with Crippen LogP contribution in [0, 0.1) is 0 Å². The Morgan fingerprint density at radius 3 is 2.13 bits per heavy atom. The summed E-state index contributed by atoms with van der Waals surface area (Å²) >= 11 is 3.65. The van der Waals surface area contributed by atoms with Crippen molar-refractivity contribution in [3.8, 4) is 16.3 Å². The molecular weight excluding hydrogens is 513 g/mol. The number of hydrogen-bond acceptors (Lipinski definition) is 3. The summed E-state index contributed by atoms with van der Waals surface area (Å²) < 4.78 is 6.19. The number of para-hydroxylation sites is 1. The van der Waals surface area contributed by atoms with E-state index in [0.29, 0.717) is 0 Å². The lowest BCUT2D eigenvalue weighted by atomic mass is 10.0. The van der Waals surface area contributed by atoms with E-state index in [2.05, 4.69) is 126 Å².